The van der Waals surface area contributed by atoms with Gasteiger partial charge in [0.2, 0.25) is 11.8 Å². The number of aromatic nitrogens is 1. The summed E-state index contributed by atoms with van der Waals surface area (Å²) in [5.41, 5.74) is 4.59. The first kappa shape index (κ1) is 25.4. The van der Waals surface area contributed by atoms with Crippen LogP contribution in [-0.2, 0) is 19.0 Å². The van der Waals surface area contributed by atoms with Crippen LogP contribution in [-0.4, -0.2) is 65.8 Å². The van der Waals surface area contributed by atoms with Crippen molar-refractivity contribution in [3.63, 3.8) is 0 Å². The maximum Gasteiger partial charge on any atom is 0.455 e. The van der Waals surface area contributed by atoms with Crippen molar-refractivity contribution in [2.24, 2.45) is 17.8 Å². The third-order valence-electron chi connectivity index (χ3n) is 7.73. The first-order valence-corrected chi connectivity index (χ1v) is 12.6. The molecule has 2 fully saturated rings. The summed E-state index contributed by atoms with van der Waals surface area (Å²) in [6, 6.07) is 12.8. The van der Waals surface area contributed by atoms with E-state index in [2.05, 4.69) is 4.98 Å². The molecule has 2 saturated heterocycles. The number of hydrogen-bond donors (Lipinski definition) is 2. The lowest BCUT2D eigenvalue weighted by Gasteiger charge is -2.43. The molecule has 0 unspecified atom stereocenters. The SMILES string of the molecule is COCC1=C2[C@@H](CC/C(=C/c3cccc(O)c3)c3ccccn3)OB(O)C[C@@H]2[C@@H]2C(=O)N(C)C(=O)[C@@H]2C1. The number of pyridine rings is 1. The van der Waals surface area contributed by atoms with Crippen molar-refractivity contribution in [1.29, 1.82) is 0 Å². The summed E-state index contributed by atoms with van der Waals surface area (Å²) in [7, 11) is 2.13. The number of ether oxygens (including phenoxy) is 1. The van der Waals surface area contributed by atoms with Crippen LogP contribution in [0.3, 0.4) is 0 Å². The molecule has 0 bridgehead atoms. The molecule has 1 aliphatic carbocycles. The standard InChI is InChI=1S/C28H31BN2O6/c1-31-27(33)21-14-19(16-36-2)25-22(26(21)28(31)34)15-29(35)37-24(25)10-9-18(23-8-3-4-11-30-23)12-17-6-5-7-20(32)13-17/h3-8,11-13,21-22,24,26,32,35H,9-10,14-16H2,1-2H3/b18-12-/t21-,22+,24-,26-/m1/s1. The Morgan fingerprint density at radius 2 is 2.05 bits per heavy atom. The van der Waals surface area contributed by atoms with Gasteiger partial charge in [0.1, 0.15) is 5.75 Å². The molecule has 5 rings (SSSR count). The van der Waals surface area contributed by atoms with E-state index in [0.717, 1.165) is 28.0 Å². The lowest BCUT2D eigenvalue weighted by molar-refractivity contribution is -0.138. The van der Waals surface area contributed by atoms with E-state index in [4.69, 9.17) is 9.39 Å². The minimum absolute atomic E-state index is 0.160. The number of methoxy groups -OCH3 is 1. The fourth-order valence-corrected chi connectivity index (χ4v) is 6.16. The van der Waals surface area contributed by atoms with Gasteiger partial charge in [0, 0.05) is 20.4 Å². The monoisotopic (exact) mass is 502 g/mol. The topological polar surface area (TPSA) is 109 Å². The molecule has 192 valence electrons. The summed E-state index contributed by atoms with van der Waals surface area (Å²) in [6.45, 7) is 0.350. The van der Waals surface area contributed by atoms with Gasteiger partial charge in [0.05, 0.1) is 30.2 Å². The van der Waals surface area contributed by atoms with Crippen molar-refractivity contribution >= 4 is 30.6 Å². The molecule has 4 atom stereocenters. The predicted octanol–water partition coefficient (Wildman–Crippen LogP) is 3.18. The Labute approximate surface area is 216 Å². The van der Waals surface area contributed by atoms with E-state index in [0.29, 0.717) is 25.9 Å². The van der Waals surface area contributed by atoms with E-state index >= 15 is 0 Å². The Bertz CT molecular complexity index is 1250. The third kappa shape index (κ3) is 4.99. The highest BCUT2D eigenvalue weighted by Crippen LogP contribution is 2.50. The van der Waals surface area contributed by atoms with E-state index < -0.39 is 25.1 Å². The number of fused-ring (bicyclic) bond motifs is 3. The molecule has 0 saturated carbocycles. The zero-order valence-corrected chi connectivity index (χ0v) is 21.0. The predicted molar refractivity (Wildman–Crippen MR) is 139 cm³/mol. The molecule has 2 aliphatic heterocycles. The van der Waals surface area contributed by atoms with E-state index in [-0.39, 0.29) is 29.8 Å². The maximum absolute atomic E-state index is 13.1. The molecular formula is C28H31BN2O6. The number of imide groups is 1. The number of allylic oxidation sites excluding steroid dienone is 1. The molecule has 9 heteroatoms. The van der Waals surface area contributed by atoms with Crippen LogP contribution >= 0.6 is 0 Å². The number of amides is 2. The van der Waals surface area contributed by atoms with E-state index in [1.54, 1.807) is 31.5 Å². The summed E-state index contributed by atoms with van der Waals surface area (Å²) in [4.78, 5) is 31.6. The molecule has 2 N–H and O–H groups in total. The van der Waals surface area contributed by atoms with Crippen molar-refractivity contribution in [3.8, 4) is 5.75 Å². The van der Waals surface area contributed by atoms with Gasteiger partial charge in [0.25, 0.3) is 0 Å². The molecule has 37 heavy (non-hydrogen) atoms. The van der Waals surface area contributed by atoms with Crippen molar-refractivity contribution in [2.75, 3.05) is 20.8 Å². The van der Waals surface area contributed by atoms with Crippen LogP contribution in [0.5, 0.6) is 5.75 Å². The molecule has 2 aromatic rings. The Morgan fingerprint density at radius 1 is 1.22 bits per heavy atom. The Morgan fingerprint density at radius 3 is 2.78 bits per heavy atom. The van der Waals surface area contributed by atoms with Crippen molar-refractivity contribution < 1.29 is 29.1 Å². The zero-order chi connectivity index (χ0) is 26.1. The Hall–Kier alpha value is -3.27. The normalized spacial score (nSPS) is 26.0. The van der Waals surface area contributed by atoms with Gasteiger partial charge in [-0.3, -0.25) is 19.5 Å². The third-order valence-corrected chi connectivity index (χ3v) is 7.73. The van der Waals surface area contributed by atoms with Gasteiger partial charge in [-0.25, -0.2) is 0 Å². The molecule has 3 heterocycles. The number of phenolic OH excluding ortho intramolecular Hbond substituents is 1. The average molecular weight is 502 g/mol. The molecule has 8 nitrogen and oxygen atoms in total. The first-order valence-electron chi connectivity index (χ1n) is 12.6. The summed E-state index contributed by atoms with van der Waals surface area (Å²) >= 11 is 0. The number of carbonyl (C=O) groups excluding carboxylic acids is 2. The molecular weight excluding hydrogens is 471 g/mol. The van der Waals surface area contributed by atoms with Crippen LogP contribution in [0.2, 0.25) is 6.32 Å². The summed E-state index contributed by atoms with van der Waals surface area (Å²) < 4.78 is 11.6. The lowest BCUT2D eigenvalue weighted by atomic mass is 9.58. The van der Waals surface area contributed by atoms with E-state index in [9.17, 15) is 19.7 Å². The second kappa shape index (κ2) is 10.6. The number of rotatable bonds is 7. The van der Waals surface area contributed by atoms with Crippen LogP contribution < -0.4 is 0 Å². The van der Waals surface area contributed by atoms with Gasteiger partial charge in [0.15, 0.2) is 0 Å². The lowest BCUT2D eigenvalue weighted by Crippen LogP contribution is -2.46. The molecule has 0 radical (unpaired) electrons. The van der Waals surface area contributed by atoms with Crippen LogP contribution in [0.4, 0.5) is 0 Å². The number of aromatic hydroxyl groups is 1. The van der Waals surface area contributed by atoms with Gasteiger partial charge >= 0.3 is 7.12 Å². The van der Waals surface area contributed by atoms with Gasteiger partial charge in [-0.15, -0.1) is 0 Å². The van der Waals surface area contributed by atoms with Crippen molar-refractivity contribution in [3.05, 3.63) is 71.1 Å². The van der Waals surface area contributed by atoms with Crippen LogP contribution in [0.25, 0.3) is 11.6 Å². The Balaban J connectivity index is 1.48. The van der Waals surface area contributed by atoms with Gasteiger partial charge < -0.3 is 19.5 Å². The summed E-state index contributed by atoms with van der Waals surface area (Å²) in [5, 5.41) is 20.6. The van der Waals surface area contributed by atoms with Gasteiger partial charge in [-0.2, -0.15) is 0 Å². The highest BCUT2D eigenvalue weighted by molar-refractivity contribution is 6.43. The largest absolute Gasteiger partial charge is 0.508 e. The average Bonchev–Trinajstić information content (AvgIpc) is 3.10. The number of benzene rings is 1. The Kier molecular flexibility index (Phi) is 7.28. The quantitative estimate of drug-likeness (QED) is 0.340. The number of carbonyl (C=O) groups is 2. The second-order valence-electron chi connectivity index (χ2n) is 10.0. The van der Waals surface area contributed by atoms with E-state index in [1.165, 1.54) is 11.9 Å². The maximum atomic E-state index is 13.1. The van der Waals surface area contributed by atoms with Crippen molar-refractivity contribution in [2.45, 2.75) is 31.7 Å². The molecule has 0 spiro atoms. The first-order chi connectivity index (χ1) is 17.9. The number of phenols is 1. The molecule has 2 amide bonds. The fourth-order valence-electron chi connectivity index (χ4n) is 6.16. The van der Waals surface area contributed by atoms with Crippen LogP contribution in [0.15, 0.2) is 59.8 Å². The van der Waals surface area contributed by atoms with Gasteiger partial charge in [-0.05, 0) is 84.1 Å². The fraction of sp³-hybridized carbons (Fsp3) is 0.393. The molecule has 1 aromatic heterocycles. The second-order valence-corrected chi connectivity index (χ2v) is 10.0. The number of nitrogens with zero attached hydrogens (tertiary/aromatic N) is 2. The number of likely N-dealkylation sites (tertiary alicyclic amines) is 1. The van der Waals surface area contributed by atoms with Crippen molar-refractivity contribution in [1.82, 2.24) is 9.88 Å². The summed E-state index contributed by atoms with van der Waals surface area (Å²) in [6.07, 6.45) is 5.18. The molecule has 3 aliphatic rings. The summed E-state index contributed by atoms with van der Waals surface area (Å²) in [5.74, 6) is -1.33. The van der Waals surface area contributed by atoms with Gasteiger partial charge in [-0.1, -0.05) is 18.2 Å². The minimum Gasteiger partial charge on any atom is -0.508 e. The molecule has 1 aromatic carbocycles. The zero-order valence-electron chi connectivity index (χ0n) is 21.0. The van der Waals surface area contributed by atoms with Crippen LogP contribution in [0.1, 0.15) is 30.5 Å². The van der Waals surface area contributed by atoms with E-state index in [1.807, 2.05) is 30.3 Å². The van der Waals surface area contributed by atoms with Crippen LogP contribution in [0, 0.1) is 17.8 Å². The smallest absolute Gasteiger partial charge is 0.455 e. The number of hydrogen-bond acceptors (Lipinski definition) is 7. The highest BCUT2D eigenvalue weighted by Gasteiger charge is 2.56. The minimum atomic E-state index is -1.02. The highest BCUT2D eigenvalue weighted by atomic mass is 16.5.